The minimum absolute atomic E-state index is 0.257. The van der Waals surface area contributed by atoms with Crippen molar-refractivity contribution in [2.24, 2.45) is 10.6 Å². The topological polar surface area (TPSA) is 51.1 Å². The standard InChI is InChI=1S/C7H13NO3/c1-6(8-9)7(2)3-10-5-11-4-7/h9H,3-5H2,1-2H3/b8-6-. The number of rotatable bonds is 1. The van der Waals surface area contributed by atoms with Gasteiger partial charge in [0.15, 0.2) is 0 Å². The SMILES string of the molecule is C/C(=N/O)C1(C)COCOC1. The van der Waals surface area contributed by atoms with E-state index in [1.165, 1.54) is 0 Å². The lowest BCUT2D eigenvalue weighted by Gasteiger charge is -2.32. The summed E-state index contributed by atoms with van der Waals surface area (Å²) in [5.41, 5.74) is 0.393. The van der Waals surface area contributed by atoms with Crippen molar-refractivity contribution in [2.45, 2.75) is 13.8 Å². The first kappa shape index (κ1) is 8.49. The van der Waals surface area contributed by atoms with Crippen LogP contribution in [-0.2, 0) is 9.47 Å². The van der Waals surface area contributed by atoms with Crippen LogP contribution in [-0.4, -0.2) is 30.9 Å². The van der Waals surface area contributed by atoms with E-state index in [0.717, 1.165) is 0 Å². The Bertz CT molecular complexity index is 161. The maximum absolute atomic E-state index is 8.53. The molecule has 0 spiro atoms. The molecular weight excluding hydrogens is 146 g/mol. The van der Waals surface area contributed by atoms with E-state index in [-0.39, 0.29) is 5.41 Å². The van der Waals surface area contributed by atoms with Gasteiger partial charge in [0.1, 0.15) is 6.79 Å². The average Bonchev–Trinajstić information content (AvgIpc) is 2.04. The monoisotopic (exact) mass is 159 g/mol. The molecule has 0 aromatic rings. The smallest absolute Gasteiger partial charge is 0.146 e. The average molecular weight is 159 g/mol. The summed E-state index contributed by atoms with van der Waals surface area (Å²) in [6.45, 7) is 5.17. The van der Waals surface area contributed by atoms with Crippen molar-refractivity contribution in [3.63, 3.8) is 0 Å². The van der Waals surface area contributed by atoms with Gasteiger partial charge >= 0.3 is 0 Å². The van der Waals surface area contributed by atoms with Crippen LogP contribution >= 0.6 is 0 Å². The fourth-order valence-corrected chi connectivity index (χ4v) is 0.964. The predicted molar refractivity (Wildman–Crippen MR) is 39.8 cm³/mol. The van der Waals surface area contributed by atoms with Crippen LogP contribution in [0, 0.1) is 5.41 Å². The summed E-state index contributed by atoms with van der Waals surface area (Å²) in [6, 6.07) is 0. The highest BCUT2D eigenvalue weighted by atomic mass is 16.7. The van der Waals surface area contributed by atoms with E-state index in [2.05, 4.69) is 5.16 Å². The zero-order chi connectivity index (χ0) is 8.32. The molecule has 0 amide bonds. The molecule has 1 fully saturated rings. The molecule has 0 radical (unpaired) electrons. The number of hydrogen-bond donors (Lipinski definition) is 1. The second-order valence-electron chi connectivity index (χ2n) is 3.06. The number of ether oxygens (including phenoxy) is 2. The van der Waals surface area contributed by atoms with Crippen LogP contribution in [0.2, 0.25) is 0 Å². The second kappa shape index (κ2) is 3.19. The number of oxime groups is 1. The van der Waals surface area contributed by atoms with Gasteiger partial charge in [0.25, 0.3) is 0 Å². The summed E-state index contributed by atoms with van der Waals surface area (Å²) in [4.78, 5) is 0. The normalized spacial score (nSPS) is 25.1. The molecule has 0 bridgehead atoms. The molecule has 4 heteroatoms. The van der Waals surface area contributed by atoms with Crippen LogP contribution in [0.5, 0.6) is 0 Å². The third-order valence-corrected chi connectivity index (χ3v) is 2.03. The first-order valence-electron chi connectivity index (χ1n) is 3.54. The highest BCUT2D eigenvalue weighted by molar-refractivity contribution is 5.87. The van der Waals surface area contributed by atoms with E-state index in [1.54, 1.807) is 6.92 Å². The van der Waals surface area contributed by atoms with E-state index in [4.69, 9.17) is 14.7 Å². The lowest BCUT2D eigenvalue weighted by atomic mass is 9.87. The molecule has 0 saturated carbocycles. The van der Waals surface area contributed by atoms with E-state index >= 15 is 0 Å². The molecule has 4 nitrogen and oxygen atoms in total. The van der Waals surface area contributed by atoms with Gasteiger partial charge in [-0.1, -0.05) is 5.16 Å². The Morgan fingerprint density at radius 2 is 2.00 bits per heavy atom. The highest BCUT2D eigenvalue weighted by Crippen LogP contribution is 2.22. The minimum atomic E-state index is -0.257. The zero-order valence-electron chi connectivity index (χ0n) is 6.83. The van der Waals surface area contributed by atoms with Crippen molar-refractivity contribution in [3.05, 3.63) is 0 Å². The predicted octanol–water partition coefficient (Wildman–Crippen LogP) is 0.847. The molecule has 1 saturated heterocycles. The minimum Gasteiger partial charge on any atom is -0.411 e. The Kier molecular flexibility index (Phi) is 2.46. The fraction of sp³-hybridized carbons (Fsp3) is 0.857. The summed E-state index contributed by atoms with van der Waals surface area (Å²) in [5, 5.41) is 11.7. The molecule has 1 aliphatic rings. The van der Waals surface area contributed by atoms with Gasteiger partial charge in [0, 0.05) is 0 Å². The molecule has 64 valence electrons. The zero-order valence-corrected chi connectivity index (χ0v) is 6.83. The first-order valence-corrected chi connectivity index (χ1v) is 3.54. The van der Waals surface area contributed by atoms with Crippen LogP contribution in [0.3, 0.4) is 0 Å². The summed E-state index contributed by atoms with van der Waals surface area (Å²) in [6.07, 6.45) is 0. The Morgan fingerprint density at radius 1 is 1.45 bits per heavy atom. The van der Waals surface area contributed by atoms with E-state index in [0.29, 0.717) is 25.7 Å². The molecule has 11 heavy (non-hydrogen) atoms. The van der Waals surface area contributed by atoms with Gasteiger partial charge in [-0.2, -0.15) is 0 Å². The largest absolute Gasteiger partial charge is 0.411 e. The maximum atomic E-state index is 8.53. The molecule has 1 aliphatic heterocycles. The molecule has 0 aromatic heterocycles. The lowest BCUT2D eigenvalue weighted by Crippen LogP contribution is -2.40. The van der Waals surface area contributed by atoms with Gasteiger partial charge < -0.3 is 14.7 Å². The van der Waals surface area contributed by atoms with E-state index in [9.17, 15) is 0 Å². The Hall–Kier alpha value is -0.610. The Balaban J connectivity index is 2.64. The van der Waals surface area contributed by atoms with Crippen molar-refractivity contribution in [3.8, 4) is 0 Å². The van der Waals surface area contributed by atoms with Crippen LogP contribution in [0.25, 0.3) is 0 Å². The molecular formula is C7H13NO3. The third kappa shape index (κ3) is 1.70. The Labute approximate surface area is 65.8 Å². The van der Waals surface area contributed by atoms with Gasteiger partial charge in [-0.15, -0.1) is 0 Å². The maximum Gasteiger partial charge on any atom is 0.146 e. The van der Waals surface area contributed by atoms with Gasteiger partial charge in [-0.05, 0) is 13.8 Å². The summed E-state index contributed by atoms with van der Waals surface area (Å²) in [5.74, 6) is 0. The summed E-state index contributed by atoms with van der Waals surface area (Å²) < 4.78 is 10.2. The first-order chi connectivity index (χ1) is 5.19. The molecule has 1 N–H and O–H groups in total. The van der Waals surface area contributed by atoms with Crippen molar-refractivity contribution >= 4 is 5.71 Å². The van der Waals surface area contributed by atoms with Crippen molar-refractivity contribution in [1.82, 2.24) is 0 Å². The molecule has 0 unspecified atom stereocenters. The second-order valence-corrected chi connectivity index (χ2v) is 3.06. The molecule has 0 aromatic carbocycles. The van der Waals surface area contributed by atoms with Crippen LogP contribution < -0.4 is 0 Å². The number of nitrogens with zero attached hydrogens (tertiary/aromatic N) is 1. The molecule has 1 heterocycles. The van der Waals surface area contributed by atoms with Crippen LogP contribution in [0.15, 0.2) is 5.16 Å². The van der Waals surface area contributed by atoms with E-state index < -0.39 is 0 Å². The van der Waals surface area contributed by atoms with Crippen LogP contribution in [0.1, 0.15) is 13.8 Å². The Morgan fingerprint density at radius 3 is 2.45 bits per heavy atom. The van der Waals surface area contributed by atoms with Crippen molar-refractivity contribution in [1.29, 1.82) is 0 Å². The molecule has 0 aliphatic carbocycles. The van der Waals surface area contributed by atoms with E-state index in [1.807, 2.05) is 6.92 Å². The lowest BCUT2D eigenvalue weighted by molar-refractivity contribution is -0.138. The van der Waals surface area contributed by atoms with Gasteiger partial charge in [0.05, 0.1) is 24.3 Å². The molecule has 1 rings (SSSR count). The van der Waals surface area contributed by atoms with Gasteiger partial charge in [-0.25, -0.2) is 0 Å². The fourth-order valence-electron chi connectivity index (χ4n) is 0.964. The quantitative estimate of drug-likeness (QED) is 0.350. The van der Waals surface area contributed by atoms with Crippen molar-refractivity contribution in [2.75, 3.05) is 20.0 Å². The van der Waals surface area contributed by atoms with Gasteiger partial charge in [0.2, 0.25) is 0 Å². The highest BCUT2D eigenvalue weighted by Gasteiger charge is 2.32. The van der Waals surface area contributed by atoms with Crippen LogP contribution in [0.4, 0.5) is 0 Å². The number of hydrogen-bond acceptors (Lipinski definition) is 4. The summed E-state index contributed by atoms with van der Waals surface area (Å²) >= 11 is 0. The summed E-state index contributed by atoms with van der Waals surface area (Å²) in [7, 11) is 0. The molecule has 0 atom stereocenters. The van der Waals surface area contributed by atoms with Gasteiger partial charge in [-0.3, -0.25) is 0 Å². The van der Waals surface area contributed by atoms with Crippen molar-refractivity contribution < 1.29 is 14.7 Å². The third-order valence-electron chi connectivity index (χ3n) is 2.03.